The van der Waals surface area contributed by atoms with E-state index in [2.05, 4.69) is 31.1 Å². The van der Waals surface area contributed by atoms with Crippen LogP contribution < -0.4 is 16.0 Å². The summed E-state index contributed by atoms with van der Waals surface area (Å²) < 4.78 is 3.13. The number of hydrogen-bond acceptors (Lipinski definition) is 7. The van der Waals surface area contributed by atoms with Crippen LogP contribution in [0.3, 0.4) is 0 Å². The third-order valence-electron chi connectivity index (χ3n) is 3.90. The molecule has 0 aliphatic carbocycles. The molecular weight excluding hydrogens is 360 g/mol. The van der Waals surface area contributed by atoms with Crippen LogP contribution in [0.15, 0.2) is 37.1 Å². The Bertz CT molecular complexity index is 1010. The van der Waals surface area contributed by atoms with Gasteiger partial charge >= 0.3 is 0 Å². The summed E-state index contributed by atoms with van der Waals surface area (Å²) in [6.45, 7) is 3.66. The first-order valence-electron chi connectivity index (χ1n) is 8.77. The van der Waals surface area contributed by atoms with Gasteiger partial charge in [0.05, 0.1) is 29.7 Å². The topological polar surface area (TPSA) is 121 Å². The molecule has 3 heterocycles. The van der Waals surface area contributed by atoms with Crippen LogP contribution in [0.25, 0.3) is 11.3 Å². The highest BCUT2D eigenvalue weighted by Crippen LogP contribution is 2.23. The molecule has 0 spiro atoms. The highest BCUT2D eigenvalue weighted by atomic mass is 16.3. The Labute approximate surface area is 162 Å². The summed E-state index contributed by atoms with van der Waals surface area (Å²) in [5.74, 6) is -0.349. The molecule has 0 aromatic carbocycles. The smallest absolute Gasteiger partial charge is 0.261 e. The van der Waals surface area contributed by atoms with Crippen molar-refractivity contribution >= 4 is 22.9 Å². The fraction of sp³-hybridized carbons (Fsp3) is 0.333. The van der Waals surface area contributed by atoms with E-state index in [4.69, 9.17) is 0 Å². The number of carbonyl (C=O) groups excluding carboxylic acids is 1. The molecule has 0 aliphatic rings. The van der Waals surface area contributed by atoms with E-state index in [1.165, 1.54) is 10.7 Å². The van der Waals surface area contributed by atoms with Crippen molar-refractivity contribution in [3.8, 4) is 0 Å². The molecule has 0 fully saturated rings. The molecule has 0 saturated carbocycles. The molecule has 28 heavy (non-hydrogen) atoms. The van der Waals surface area contributed by atoms with Crippen LogP contribution in [0.4, 0.5) is 5.69 Å². The molecule has 4 N–H and O–H groups in total. The van der Waals surface area contributed by atoms with Gasteiger partial charge in [0, 0.05) is 38.9 Å². The molecular formula is C18H24N8O2. The number of anilines is 1. The highest BCUT2D eigenvalue weighted by molar-refractivity contribution is 6.08. The molecule has 0 saturated heterocycles. The predicted molar refractivity (Wildman–Crippen MR) is 106 cm³/mol. The lowest BCUT2D eigenvalue weighted by molar-refractivity contribution is 0.0577. The molecule has 0 bridgehead atoms. The Morgan fingerprint density at radius 2 is 2.14 bits per heavy atom. The Balaban J connectivity index is 1.97. The molecule has 0 aliphatic heterocycles. The Morgan fingerprint density at radius 1 is 1.36 bits per heavy atom. The molecule has 10 nitrogen and oxygen atoms in total. The predicted octanol–water partition coefficient (Wildman–Crippen LogP) is 0.686. The molecule has 10 heteroatoms. The van der Waals surface area contributed by atoms with E-state index in [9.17, 15) is 9.90 Å². The van der Waals surface area contributed by atoms with Crippen molar-refractivity contribution in [3.05, 3.63) is 48.3 Å². The summed E-state index contributed by atoms with van der Waals surface area (Å²) in [7, 11) is 3.53. The van der Waals surface area contributed by atoms with Gasteiger partial charge in [-0.2, -0.15) is 10.2 Å². The number of aromatic nitrogens is 5. The first-order chi connectivity index (χ1) is 13.3. The number of carbonyl (C=O) groups is 1. The Morgan fingerprint density at radius 3 is 2.82 bits per heavy atom. The molecule has 3 aromatic heterocycles. The van der Waals surface area contributed by atoms with E-state index in [0.29, 0.717) is 28.3 Å². The quantitative estimate of drug-likeness (QED) is 0.473. The number of fused-ring (bicyclic) bond motifs is 1. The summed E-state index contributed by atoms with van der Waals surface area (Å²) in [4.78, 5) is 17.1. The van der Waals surface area contributed by atoms with Crippen molar-refractivity contribution in [1.82, 2.24) is 35.0 Å². The van der Waals surface area contributed by atoms with Gasteiger partial charge < -0.3 is 21.1 Å². The normalized spacial score (nSPS) is 12.2. The molecule has 3 aromatic rings. The van der Waals surface area contributed by atoms with E-state index >= 15 is 0 Å². The van der Waals surface area contributed by atoms with Crippen LogP contribution in [0.2, 0.25) is 0 Å². The lowest BCUT2D eigenvalue weighted by Gasteiger charge is -2.16. The van der Waals surface area contributed by atoms with Crippen LogP contribution in [0.5, 0.6) is 0 Å². The average Bonchev–Trinajstić information content (AvgIpc) is 3.22. The van der Waals surface area contributed by atoms with Crippen molar-refractivity contribution < 1.29 is 9.90 Å². The van der Waals surface area contributed by atoms with Gasteiger partial charge in [-0.1, -0.05) is 0 Å². The van der Waals surface area contributed by atoms with Gasteiger partial charge in [-0.05, 0) is 19.9 Å². The number of hydrogen-bond donors (Lipinski definition) is 4. The summed E-state index contributed by atoms with van der Waals surface area (Å²) in [6, 6.07) is 1.74. The minimum absolute atomic E-state index is 0.269. The third-order valence-corrected chi connectivity index (χ3v) is 3.90. The Kier molecular flexibility index (Phi) is 5.32. The van der Waals surface area contributed by atoms with Gasteiger partial charge in [0.25, 0.3) is 5.91 Å². The van der Waals surface area contributed by atoms with E-state index < -0.39 is 5.60 Å². The van der Waals surface area contributed by atoms with Crippen LogP contribution in [0, 0.1) is 0 Å². The van der Waals surface area contributed by atoms with Crippen molar-refractivity contribution in [2.75, 3.05) is 19.4 Å². The summed E-state index contributed by atoms with van der Waals surface area (Å²) in [5, 5.41) is 27.7. The fourth-order valence-corrected chi connectivity index (χ4v) is 2.77. The van der Waals surface area contributed by atoms with Gasteiger partial charge in [-0.15, -0.1) is 0 Å². The third kappa shape index (κ3) is 4.12. The molecule has 148 valence electrons. The Hall–Kier alpha value is -3.40. The van der Waals surface area contributed by atoms with Crippen LogP contribution in [-0.4, -0.2) is 55.1 Å². The minimum Gasteiger partial charge on any atom is -0.392 e. The number of rotatable bonds is 7. The summed E-state index contributed by atoms with van der Waals surface area (Å²) >= 11 is 0. The van der Waals surface area contributed by atoms with Crippen LogP contribution >= 0.6 is 0 Å². The standard InChI is InChI=1S/C18H24N8O2/c1-18(2,28)11-25-10-14(15(24-25)13(20-4)9-19-3)23-17(27)12-8-22-26-7-5-6-21-16(12)26/h5-10,19-20,28H,11H2,1-4H3,(H,23,27)/b13-9-. The first kappa shape index (κ1) is 19.4. The monoisotopic (exact) mass is 384 g/mol. The maximum Gasteiger partial charge on any atom is 0.261 e. The van der Waals surface area contributed by atoms with Gasteiger partial charge in [0.1, 0.15) is 11.3 Å². The lowest BCUT2D eigenvalue weighted by atomic mass is 10.1. The minimum atomic E-state index is -0.955. The molecule has 0 unspecified atom stereocenters. The molecule has 0 radical (unpaired) electrons. The van der Waals surface area contributed by atoms with E-state index in [1.807, 2.05) is 0 Å². The second-order valence-electron chi connectivity index (χ2n) is 6.90. The van der Waals surface area contributed by atoms with Gasteiger partial charge in [0.2, 0.25) is 0 Å². The largest absolute Gasteiger partial charge is 0.392 e. The zero-order valence-corrected chi connectivity index (χ0v) is 16.3. The summed E-state index contributed by atoms with van der Waals surface area (Å²) in [6.07, 6.45) is 8.23. The zero-order chi connectivity index (χ0) is 20.3. The summed E-state index contributed by atoms with van der Waals surface area (Å²) in [5.41, 5.74) is 1.59. The fourth-order valence-electron chi connectivity index (χ4n) is 2.77. The van der Waals surface area contributed by atoms with E-state index in [-0.39, 0.29) is 12.5 Å². The van der Waals surface area contributed by atoms with Gasteiger partial charge in [-0.25, -0.2) is 9.50 Å². The number of nitrogens with zero attached hydrogens (tertiary/aromatic N) is 5. The van der Waals surface area contributed by atoms with Crippen molar-refractivity contribution in [1.29, 1.82) is 0 Å². The number of nitrogens with one attached hydrogen (secondary N) is 3. The maximum atomic E-state index is 12.9. The second-order valence-corrected chi connectivity index (χ2v) is 6.90. The number of amides is 1. The lowest BCUT2D eigenvalue weighted by Crippen LogP contribution is -2.26. The number of aliphatic hydroxyl groups is 1. The van der Waals surface area contributed by atoms with Crippen molar-refractivity contribution in [2.24, 2.45) is 0 Å². The first-order valence-corrected chi connectivity index (χ1v) is 8.77. The van der Waals surface area contributed by atoms with Crippen LogP contribution in [0.1, 0.15) is 29.9 Å². The van der Waals surface area contributed by atoms with E-state index in [0.717, 1.165) is 0 Å². The van der Waals surface area contributed by atoms with Crippen molar-refractivity contribution in [3.63, 3.8) is 0 Å². The molecule has 0 atom stereocenters. The van der Waals surface area contributed by atoms with Gasteiger partial charge in [-0.3, -0.25) is 9.48 Å². The van der Waals surface area contributed by atoms with Gasteiger partial charge in [0.15, 0.2) is 5.65 Å². The second kappa shape index (κ2) is 7.69. The molecule has 1 amide bonds. The van der Waals surface area contributed by atoms with Crippen molar-refractivity contribution in [2.45, 2.75) is 26.0 Å². The SMILES string of the molecule is CN/C=C(\NC)c1nn(CC(C)(C)O)cc1NC(=O)c1cnn2cccnc12. The highest BCUT2D eigenvalue weighted by Gasteiger charge is 2.21. The van der Waals surface area contributed by atoms with Crippen LogP contribution in [-0.2, 0) is 6.54 Å². The average molecular weight is 384 g/mol. The molecule has 3 rings (SSSR count). The maximum absolute atomic E-state index is 12.9. The van der Waals surface area contributed by atoms with E-state index in [1.54, 1.807) is 63.5 Å². The zero-order valence-electron chi connectivity index (χ0n) is 16.3.